The van der Waals surface area contributed by atoms with Crippen LogP contribution < -0.4 is 10.9 Å². The number of rotatable bonds is 4. The monoisotopic (exact) mass is 394 g/mol. The molecular weight excluding hydrogens is 364 g/mol. The van der Waals surface area contributed by atoms with Crippen LogP contribution in [0.4, 0.5) is 0 Å². The zero-order valence-corrected chi connectivity index (χ0v) is 17.9. The number of Topliss-reactive ketones (excluding diaryl/α,β-unsaturated/α-hetero) is 1. The van der Waals surface area contributed by atoms with Crippen LogP contribution in [0.2, 0.25) is 0 Å². The van der Waals surface area contributed by atoms with Crippen LogP contribution in [0.25, 0.3) is 0 Å². The number of carbonyl (C=O) groups excluding carboxylic acids is 2. The van der Waals surface area contributed by atoms with Crippen LogP contribution >= 0.6 is 0 Å². The molecule has 1 aliphatic carbocycles. The summed E-state index contributed by atoms with van der Waals surface area (Å²) in [5.41, 5.74) is 4.49. The number of amides is 1. The standard InChI is InChI=1S/C24H30N2O3/c1-14-11-15(2)26-23(29)20(14)13-25-22(28)18-8-6-7-17(16(18)3)19-12-24(4,5)10-9-21(19)27/h6-8,11,19H,9-10,12-13H2,1-5H3,(H,25,28)(H,26,29). The zero-order valence-electron chi connectivity index (χ0n) is 17.9. The number of nitrogens with one attached hydrogen (secondary N) is 2. The molecule has 0 aliphatic heterocycles. The minimum absolute atomic E-state index is 0.118. The van der Waals surface area contributed by atoms with Crippen molar-refractivity contribution in [3.05, 3.63) is 68.1 Å². The molecule has 1 heterocycles. The molecule has 5 nitrogen and oxygen atoms in total. The molecule has 2 aromatic rings. The highest BCUT2D eigenvalue weighted by Gasteiger charge is 2.35. The van der Waals surface area contributed by atoms with E-state index in [2.05, 4.69) is 24.1 Å². The lowest BCUT2D eigenvalue weighted by molar-refractivity contribution is -0.123. The Morgan fingerprint density at radius 1 is 1.21 bits per heavy atom. The number of aromatic nitrogens is 1. The van der Waals surface area contributed by atoms with E-state index in [-0.39, 0.29) is 35.1 Å². The Hall–Kier alpha value is -2.69. The Bertz CT molecular complexity index is 1020. The normalized spacial score (nSPS) is 18.5. The number of aromatic amines is 1. The fourth-order valence-corrected chi connectivity index (χ4v) is 4.33. The van der Waals surface area contributed by atoms with Crippen molar-refractivity contribution in [1.82, 2.24) is 10.3 Å². The molecule has 29 heavy (non-hydrogen) atoms. The van der Waals surface area contributed by atoms with Gasteiger partial charge in [0.2, 0.25) is 0 Å². The van der Waals surface area contributed by atoms with E-state index in [1.165, 1.54) is 0 Å². The number of hydrogen-bond donors (Lipinski definition) is 2. The number of aryl methyl sites for hydroxylation is 2. The number of hydrogen-bond acceptors (Lipinski definition) is 3. The lowest BCUT2D eigenvalue weighted by atomic mass is 9.68. The van der Waals surface area contributed by atoms with Gasteiger partial charge in [0.25, 0.3) is 11.5 Å². The molecule has 1 unspecified atom stereocenters. The third kappa shape index (κ3) is 4.50. The van der Waals surface area contributed by atoms with E-state index in [0.717, 1.165) is 35.2 Å². The summed E-state index contributed by atoms with van der Waals surface area (Å²) in [5, 5.41) is 2.87. The van der Waals surface area contributed by atoms with Gasteiger partial charge in [-0.15, -0.1) is 0 Å². The Morgan fingerprint density at radius 2 is 1.93 bits per heavy atom. The molecule has 5 heteroatoms. The number of pyridine rings is 1. The molecule has 0 radical (unpaired) electrons. The van der Waals surface area contributed by atoms with Crippen LogP contribution in [-0.4, -0.2) is 16.7 Å². The van der Waals surface area contributed by atoms with E-state index >= 15 is 0 Å². The fraction of sp³-hybridized carbons (Fsp3) is 0.458. The van der Waals surface area contributed by atoms with Crippen molar-refractivity contribution in [2.45, 2.75) is 66.3 Å². The predicted molar refractivity (Wildman–Crippen MR) is 114 cm³/mol. The van der Waals surface area contributed by atoms with Gasteiger partial charge in [0.1, 0.15) is 5.78 Å². The van der Waals surface area contributed by atoms with E-state index in [0.29, 0.717) is 17.5 Å². The smallest absolute Gasteiger partial charge is 0.253 e. The van der Waals surface area contributed by atoms with Crippen LogP contribution in [0, 0.1) is 26.2 Å². The third-order valence-electron chi connectivity index (χ3n) is 6.11. The molecule has 0 bridgehead atoms. The minimum Gasteiger partial charge on any atom is -0.348 e. The van der Waals surface area contributed by atoms with E-state index in [9.17, 15) is 14.4 Å². The highest BCUT2D eigenvalue weighted by molar-refractivity contribution is 5.97. The van der Waals surface area contributed by atoms with Gasteiger partial charge in [0, 0.05) is 35.7 Å². The highest BCUT2D eigenvalue weighted by atomic mass is 16.2. The topological polar surface area (TPSA) is 79.0 Å². The van der Waals surface area contributed by atoms with E-state index < -0.39 is 0 Å². The average Bonchev–Trinajstić information content (AvgIpc) is 2.63. The van der Waals surface area contributed by atoms with Gasteiger partial charge >= 0.3 is 0 Å². The van der Waals surface area contributed by atoms with E-state index in [4.69, 9.17) is 0 Å². The van der Waals surface area contributed by atoms with Gasteiger partial charge in [-0.25, -0.2) is 0 Å². The summed E-state index contributed by atoms with van der Waals surface area (Å²) < 4.78 is 0. The zero-order chi connectivity index (χ0) is 21.3. The van der Waals surface area contributed by atoms with Crippen LogP contribution in [0.3, 0.4) is 0 Å². The molecule has 1 atom stereocenters. The SMILES string of the molecule is Cc1cc(C)c(CNC(=O)c2cccc(C3CC(C)(C)CCC3=O)c2C)c(=O)[nH]1. The van der Waals surface area contributed by atoms with Gasteiger partial charge < -0.3 is 10.3 Å². The van der Waals surface area contributed by atoms with Gasteiger partial charge in [0.15, 0.2) is 0 Å². The van der Waals surface area contributed by atoms with Crippen LogP contribution in [0.1, 0.15) is 77.3 Å². The first-order valence-corrected chi connectivity index (χ1v) is 10.2. The summed E-state index contributed by atoms with van der Waals surface area (Å²) >= 11 is 0. The van der Waals surface area contributed by atoms with Crippen molar-refractivity contribution in [1.29, 1.82) is 0 Å². The van der Waals surface area contributed by atoms with Crippen molar-refractivity contribution >= 4 is 11.7 Å². The molecule has 1 aliphatic rings. The van der Waals surface area contributed by atoms with Crippen LogP contribution in [-0.2, 0) is 11.3 Å². The molecule has 1 aromatic heterocycles. The molecule has 2 N–H and O–H groups in total. The summed E-state index contributed by atoms with van der Waals surface area (Å²) in [4.78, 5) is 40.4. The second kappa shape index (κ2) is 7.97. The van der Waals surface area contributed by atoms with Crippen LogP contribution in [0.15, 0.2) is 29.1 Å². The van der Waals surface area contributed by atoms with E-state index in [1.807, 2.05) is 39.0 Å². The summed E-state index contributed by atoms with van der Waals surface area (Å²) in [6.45, 7) is 10.2. The molecule has 1 amide bonds. The second-order valence-corrected chi connectivity index (χ2v) is 9.03. The van der Waals surface area contributed by atoms with Crippen molar-refractivity contribution in [3.8, 4) is 0 Å². The molecule has 154 valence electrons. The average molecular weight is 395 g/mol. The first-order chi connectivity index (χ1) is 13.6. The third-order valence-corrected chi connectivity index (χ3v) is 6.11. The molecule has 1 fully saturated rings. The maximum absolute atomic E-state index is 12.9. The molecule has 0 spiro atoms. The van der Waals surface area contributed by atoms with Crippen molar-refractivity contribution in [3.63, 3.8) is 0 Å². The van der Waals surface area contributed by atoms with Gasteiger partial charge in [-0.1, -0.05) is 26.0 Å². The predicted octanol–water partition coefficient (Wildman–Crippen LogP) is 4.09. The fourth-order valence-electron chi connectivity index (χ4n) is 4.33. The largest absolute Gasteiger partial charge is 0.348 e. The quantitative estimate of drug-likeness (QED) is 0.820. The number of carbonyl (C=O) groups is 2. The van der Waals surface area contributed by atoms with Gasteiger partial charge in [-0.05, 0) is 67.9 Å². The molecule has 0 saturated heterocycles. The maximum atomic E-state index is 12.9. The summed E-state index contributed by atoms with van der Waals surface area (Å²) in [5.74, 6) is -0.133. The lowest BCUT2D eigenvalue weighted by Gasteiger charge is -2.35. The van der Waals surface area contributed by atoms with Crippen molar-refractivity contribution < 1.29 is 9.59 Å². The molecule has 3 rings (SSSR count). The number of ketones is 1. The van der Waals surface area contributed by atoms with E-state index in [1.54, 1.807) is 6.07 Å². The van der Waals surface area contributed by atoms with Gasteiger partial charge in [0.05, 0.1) is 0 Å². The Labute approximate surface area is 171 Å². The van der Waals surface area contributed by atoms with Gasteiger partial charge in [-0.3, -0.25) is 14.4 Å². The second-order valence-electron chi connectivity index (χ2n) is 9.03. The first-order valence-electron chi connectivity index (χ1n) is 10.2. The molecule has 1 saturated carbocycles. The Morgan fingerprint density at radius 3 is 2.62 bits per heavy atom. The number of benzene rings is 1. The summed E-state index contributed by atoms with van der Waals surface area (Å²) in [6, 6.07) is 7.48. The summed E-state index contributed by atoms with van der Waals surface area (Å²) in [6.07, 6.45) is 2.30. The highest BCUT2D eigenvalue weighted by Crippen LogP contribution is 2.42. The van der Waals surface area contributed by atoms with Crippen molar-refractivity contribution in [2.75, 3.05) is 0 Å². The number of H-pyrrole nitrogens is 1. The maximum Gasteiger partial charge on any atom is 0.253 e. The Kier molecular flexibility index (Phi) is 5.78. The van der Waals surface area contributed by atoms with Crippen LogP contribution in [0.5, 0.6) is 0 Å². The lowest BCUT2D eigenvalue weighted by Crippen LogP contribution is -2.30. The summed E-state index contributed by atoms with van der Waals surface area (Å²) in [7, 11) is 0. The first kappa shape index (κ1) is 21.0. The minimum atomic E-state index is -0.230. The van der Waals surface area contributed by atoms with Crippen molar-refractivity contribution in [2.24, 2.45) is 5.41 Å². The molecule has 1 aromatic carbocycles. The molecular formula is C24H30N2O3. The Balaban J connectivity index is 1.83. The van der Waals surface area contributed by atoms with Gasteiger partial charge in [-0.2, -0.15) is 0 Å².